The number of rotatable bonds is 7. The Morgan fingerprint density at radius 1 is 1.38 bits per heavy atom. The Labute approximate surface area is 125 Å². The van der Waals surface area contributed by atoms with Gasteiger partial charge in [-0.1, -0.05) is 30.3 Å². The second-order valence-corrected chi connectivity index (χ2v) is 4.89. The molecule has 0 aliphatic rings. The predicted octanol–water partition coefficient (Wildman–Crippen LogP) is 1.51. The van der Waals surface area contributed by atoms with Gasteiger partial charge in [0.15, 0.2) is 0 Å². The Morgan fingerprint density at radius 3 is 2.76 bits per heavy atom. The number of hydrogen-bond acceptors (Lipinski definition) is 4. The molecule has 0 spiro atoms. The summed E-state index contributed by atoms with van der Waals surface area (Å²) in [5.41, 5.74) is 0.967. The summed E-state index contributed by atoms with van der Waals surface area (Å²) in [5, 5.41) is 3.31. The molecular formula is C16H21N3O2. The topological polar surface area (TPSA) is 56.1 Å². The number of aromatic nitrogens is 2. The van der Waals surface area contributed by atoms with E-state index in [1.54, 1.807) is 6.20 Å². The number of carbonyl (C=O) groups excluding carboxylic acids is 1. The van der Waals surface area contributed by atoms with Gasteiger partial charge in [0.1, 0.15) is 5.82 Å². The minimum Gasteiger partial charge on any atom is -0.469 e. The van der Waals surface area contributed by atoms with E-state index in [0.717, 1.165) is 24.4 Å². The van der Waals surface area contributed by atoms with Crippen LogP contribution in [-0.2, 0) is 23.0 Å². The van der Waals surface area contributed by atoms with Crippen LogP contribution in [0.3, 0.4) is 0 Å². The summed E-state index contributed by atoms with van der Waals surface area (Å²) in [6, 6.07) is 9.69. The second-order valence-electron chi connectivity index (χ2n) is 4.89. The number of hydrogen-bond donors (Lipinski definition) is 1. The highest BCUT2D eigenvalue weighted by Crippen LogP contribution is 2.16. The minimum atomic E-state index is -0.280. The van der Waals surface area contributed by atoms with Crippen molar-refractivity contribution in [3.63, 3.8) is 0 Å². The highest BCUT2D eigenvalue weighted by atomic mass is 16.5. The zero-order valence-corrected chi connectivity index (χ0v) is 12.5. The molecule has 1 aromatic carbocycles. The van der Waals surface area contributed by atoms with Crippen molar-refractivity contribution in [2.75, 3.05) is 20.2 Å². The molecule has 21 heavy (non-hydrogen) atoms. The van der Waals surface area contributed by atoms with Gasteiger partial charge in [-0.05, 0) is 5.56 Å². The molecule has 1 unspecified atom stereocenters. The van der Waals surface area contributed by atoms with Gasteiger partial charge in [-0.25, -0.2) is 4.98 Å². The Bertz CT molecular complexity index is 566. The lowest BCUT2D eigenvalue weighted by Crippen LogP contribution is -2.29. The highest BCUT2D eigenvalue weighted by Gasteiger charge is 2.20. The van der Waals surface area contributed by atoms with E-state index in [4.69, 9.17) is 4.74 Å². The Hall–Kier alpha value is -2.14. The van der Waals surface area contributed by atoms with Gasteiger partial charge in [-0.3, -0.25) is 4.79 Å². The SMILES string of the molecule is COC(=O)C(CNCCc1nccn1C)c1ccccc1. The monoisotopic (exact) mass is 287 g/mol. The fourth-order valence-electron chi connectivity index (χ4n) is 2.25. The lowest BCUT2D eigenvalue weighted by atomic mass is 9.99. The summed E-state index contributed by atoms with van der Waals surface area (Å²) in [5.74, 6) is 0.528. The summed E-state index contributed by atoms with van der Waals surface area (Å²) in [6.45, 7) is 1.33. The van der Waals surface area contributed by atoms with Gasteiger partial charge in [0, 0.05) is 39.0 Å². The third-order valence-corrected chi connectivity index (χ3v) is 3.48. The van der Waals surface area contributed by atoms with Gasteiger partial charge < -0.3 is 14.6 Å². The molecule has 112 valence electrons. The molecule has 0 radical (unpaired) electrons. The summed E-state index contributed by atoms with van der Waals surface area (Å²) in [4.78, 5) is 16.2. The number of aryl methyl sites for hydroxylation is 1. The number of esters is 1. The second kappa shape index (κ2) is 7.59. The van der Waals surface area contributed by atoms with Crippen LogP contribution in [0, 0.1) is 0 Å². The van der Waals surface area contributed by atoms with Crippen molar-refractivity contribution in [3.05, 3.63) is 54.1 Å². The zero-order chi connectivity index (χ0) is 15.1. The lowest BCUT2D eigenvalue weighted by Gasteiger charge is -2.15. The van der Waals surface area contributed by atoms with E-state index in [2.05, 4.69) is 10.3 Å². The Morgan fingerprint density at radius 2 is 2.14 bits per heavy atom. The van der Waals surface area contributed by atoms with Crippen molar-refractivity contribution in [2.45, 2.75) is 12.3 Å². The van der Waals surface area contributed by atoms with Gasteiger partial charge in [0.05, 0.1) is 13.0 Å². The summed E-state index contributed by atoms with van der Waals surface area (Å²) >= 11 is 0. The quantitative estimate of drug-likeness (QED) is 0.619. The molecule has 0 aliphatic carbocycles. The fourth-order valence-corrected chi connectivity index (χ4v) is 2.25. The first-order chi connectivity index (χ1) is 10.2. The maximum atomic E-state index is 11.9. The molecule has 5 heteroatoms. The third kappa shape index (κ3) is 4.16. The van der Waals surface area contributed by atoms with E-state index in [1.807, 2.05) is 48.1 Å². The molecule has 1 aromatic heterocycles. The average molecular weight is 287 g/mol. The van der Waals surface area contributed by atoms with E-state index in [-0.39, 0.29) is 11.9 Å². The van der Waals surface area contributed by atoms with Crippen molar-refractivity contribution in [2.24, 2.45) is 7.05 Å². The van der Waals surface area contributed by atoms with Crippen LogP contribution < -0.4 is 5.32 Å². The fraction of sp³-hybridized carbons (Fsp3) is 0.375. The maximum Gasteiger partial charge on any atom is 0.314 e. The predicted molar refractivity (Wildman–Crippen MR) is 81.0 cm³/mol. The molecule has 0 saturated carbocycles. The molecule has 0 fully saturated rings. The van der Waals surface area contributed by atoms with Crippen molar-refractivity contribution < 1.29 is 9.53 Å². The van der Waals surface area contributed by atoms with Crippen LogP contribution >= 0.6 is 0 Å². The number of methoxy groups -OCH3 is 1. The largest absolute Gasteiger partial charge is 0.469 e. The number of ether oxygens (including phenoxy) is 1. The van der Waals surface area contributed by atoms with Gasteiger partial charge in [-0.2, -0.15) is 0 Å². The standard InChI is InChI=1S/C16H21N3O2/c1-19-11-10-18-15(19)8-9-17-12-14(16(20)21-2)13-6-4-3-5-7-13/h3-7,10-11,14,17H,8-9,12H2,1-2H3. The molecule has 2 aromatic rings. The summed E-state index contributed by atoms with van der Waals surface area (Å²) in [6.07, 6.45) is 4.54. The zero-order valence-electron chi connectivity index (χ0n) is 12.5. The molecule has 0 saturated heterocycles. The molecule has 5 nitrogen and oxygen atoms in total. The van der Waals surface area contributed by atoms with Crippen molar-refractivity contribution >= 4 is 5.97 Å². The number of carbonyl (C=O) groups is 1. The van der Waals surface area contributed by atoms with E-state index >= 15 is 0 Å². The van der Waals surface area contributed by atoms with Crippen LogP contribution in [0.2, 0.25) is 0 Å². The van der Waals surface area contributed by atoms with Crippen LogP contribution in [0.1, 0.15) is 17.3 Å². The minimum absolute atomic E-state index is 0.217. The van der Waals surface area contributed by atoms with E-state index in [1.165, 1.54) is 7.11 Å². The molecule has 1 heterocycles. The molecule has 0 bridgehead atoms. The molecule has 0 amide bonds. The van der Waals surface area contributed by atoms with Crippen LogP contribution in [0.5, 0.6) is 0 Å². The maximum absolute atomic E-state index is 11.9. The lowest BCUT2D eigenvalue weighted by molar-refractivity contribution is -0.142. The van der Waals surface area contributed by atoms with Gasteiger partial charge >= 0.3 is 5.97 Å². The first-order valence-electron chi connectivity index (χ1n) is 7.02. The number of benzene rings is 1. The van der Waals surface area contributed by atoms with Gasteiger partial charge in [-0.15, -0.1) is 0 Å². The van der Waals surface area contributed by atoms with Crippen LogP contribution in [0.15, 0.2) is 42.7 Å². The summed E-state index contributed by atoms with van der Waals surface area (Å²) < 4.78 is 6.89. The smallest absolute Gasteiger partial charge is 0.314 e. The first kappa shape index (κ1) is 15.3. The molecule has 1 atom stereocenters. The van der Waals surface area contributed by atoms with Gasteiger partial charge in [0.2, 0.25) is 0 Å². The number of imidazole rings is 1. The third-order valence-electron chi connectivity index (χ3n) is 3.48. The van der Waals surface area contributed by atoms with Crippen molar-refractivity contribution in [1.82, 2.24) is 14.9 Å². The number of nitrogens with one attached hydrogen (secondary N) is 1. The van der Waals surface area contributed by atoms with Crippen molar-refractivity contribution in [1.29, 1.82) is 0 Å². The highest BCUT2D eigenvalue weighted by molar-refractivity contribution is 5.78. The summed E-state index contributed by atoms with van der Waals surface area (Å²) in [7, 11) is 3.40. The van der Waals surface area contributed by atoms with Crippen molar-refractivity contribution in [3.8, 4) is 0 Å². The Kier molecular flexibility index (Phi) is 5.51. The van der Waals surface area contributed by atoms with Gasteiger partial charge in [0.25, 0.3) is 0 Å². The van der Waals surface area contributed by atoms with Crippen LogP contribution in [0.25, 0.3) is 0 Å². The average Bonchev–Trinajstić information content (AvgIpc) is 2.93. The van der Waals surface area contributed by atoms with Crippen LogP contribution in [0.4, 0.5) is 0 Å². The van der Waals surface area contributed by atoms with Crippen LogP contribution in [-0.4, -0.2) is 35.7 Å². The molecule has 0 aliphatic heterocycles. The van der Waals surface area contributed by atoms with E-state index in [9.17, 15) is 4.79 Å². The molecule has 2 rings (SSSR count). The number of nitrogens with zero attached hydrogens (tertiary/aromatic N) is 2. The Balaban J connectivity index is 1.88. The first-order valence-corrected chi connectivity index (χ1v) is 7.02. The van der Waals surface area contributed by atoms with E-state index < -0.39 is 0 Å². The van der Waals surface area contributed by atoms with E-state index in [0.29, 0.717) is 6.54 Å². The normalized spacial score (nSPS) is 12.1. The molecule has 1 N–H and O–H groups in total. The molecular weight excluding hydrogens is 266 g/mol.